The zero-order valence-corrected chi connectivity index (χ0v) is 10.8. The molecule has 0 aliphatic heterocycles. The predicted molar refractivity (Wildman–Crippen MR) is 67.5 cm³/mol. The maximum absolute atomic E-state index is 13.7. The molecule has 2 rings (SSSR count). The maximum atomic E-state index is 13.7. The first-order valence-electron chi connectivity index (χ1n) is 5.52. The summed E-state index contributed by atoms with van der Waals surface area (Å²) in [5.74, 6) is -0.00735. The van der Waals surface area contributed by atoms with E-state index in [0.29, 0.717) is 35.1 Å². The molecule has 0 aliphatic carbocycles. The Morgan fingerprint density at radius 2 is 2.32 bits per heavy atom. The number of benzene rings is 1. The van der Waals surface area contributed by atoms with E-state index in [1.807, 2.05) is 6.07 Å². The second-order valence-electron chi connectivity index (χ2n) is 3.68. The molecular formula is C11H11FN6S. The van der Waals surface area contributed by atoms with Gasteiger partial charge in [-0.25, -0.2) is 9.07 Å². The van der Waals surface area contributed by atoms with Crippen molar-refractivity contribution in [3.8, 4) is 6.07 Å². The first-order valence-corrected chi connectivity index (χ1v) is 6.50. The minimum atomic E-state index is -0.399. The normalized spacial score (nSPS) is 10.4. The Hall–Kier alpha value is -1.98. The van der Waals surface area contributed by atoms with Crippen molar-refractivity contribution in [2.75, 3.05) is 6.54 Å². The number of hydrogen-bond donors (Lipinski definition) is 1. The van der Waals surface area contributed by atoms with Gasteiger partial charge in [0.15, 0.2) is 0 Å². The summed E-state index contributed by atoms with van der Waals surface area (Å²) in [6, 6.07) is 6.29. The fourth-order valence-corrected chi connectivity index (χ4v) is 2.33. The summed E-state index contributed by atoms with van der Waals surface area (Å²) in [4.78, 5) is 0. The second-order valence-corrected chi connectivity index (χ2v) is 4.62. The van der Waals surface area contributed by atoms with Crippen molar-refractivity contribution < 1.29 is 4.39 Å². The van der Waals surface area contributed by atoms with Gasteiger partial charge < -0.3 is 5.73 Å². The highest BCUT2D eigenvalue weighted by atomic mass is 32.2. The summed E-state index contributed by atoms with van der Waals surface area (Å²) in [5.41, 5.74) is 6.25. The van der Waals surface area contributed by atoms with Crippen LogP contribution in [0.25, 0.3) is 0 Å². The molecule has 0 aliphatic rings. The number of nitriles is 1. The van der Waals surface area contributed by atoms with Crippen molar-refractivity contribution in [2.24, 2.45) is 5.73 Å². The van der Waals surface area contributed by atoms with Gasteiger partial charge in [-0.3, -0.25) is 0 Å². The van der Waals surface area contributed by atoms with E-state index >= 15 is 0 Å². The molecular weight excluding hydrogens is 267 g/mol. The summed E-state index contributed by atoms with van der Waals surface area (Å²) in [7, 11) is 0. The van der Waals surface area contributed by atoms with Gasteiger partial charge in [0, 0.05) is 12.3 Å². The minimum Gasteiger partial charge on any atom is -0.329 e. The van der Waals surface area contributed by atoms with Gasteiger partial charge in [0.05, 0.1) is 18.2 Å². The van der Waals surface area contributed by atoms with Gasteiger partial charge in [0.1, 0.15) is 5.82 Å². The number of nitrogens with two attached hydrogens (primary N) is 1. The van der Waals surface area contributed by atoms with Crippen LogP contribution in [0.1, 0.15) is 11.1 Å². The van der Waals surface area contributed by atoms with E-state index in [4.69, 9.17) is 11.0 Å². The van der Waals surface area contributed by atoms with Crippen LogP contribution in [0.5, 0.6) is 0 Å². The molecule has 0 spiro atoms. The third kappa shape index (κ3) is 3.27. The van der Waals surface area contributed by atoms with Gasteiger partial charge in [0.25, 0.3) is 0 Å². The van der Waals surface area contributed by atoms with Gasteiger partial charge >= 0.3 is 0 Å². The topological polar surface area (TPSA) is 93.4 Å². The largest absolute Gasteiger partial charge is 0.329 e. The number of hydrogen-bond acceptors (Lipinski definition) is 6. The van der Waals surface area contributed by atoms with Gasteiger partial charge in [0.2, 0.25) is 5.16 Å². The predicted octanol–water partition coefficient (Wildman–Crippen LogP) is 0.935. The average Bonchev–Trinajstić information content (AvgIpc) is 2.85. The molecule has 98 valence electrons. The van der Waals surface area contributed by atoms with Crippen molar-refractivity contribution in [2.45, 2.75) is 17.5 Å². The third-order valence-electron chi connectivity index (χ3n) is 2.38. The average molecular weight is 278 g/mol. The fraction of sp³-hybridized carbons (Fsp3) is 0.273. The zero-order valence-electron chi connectivity index (χ0n) is 9.95. The van der Waals surface area contributed by atoms with Gasteiger partial charge in [-0.15, -0.1) is 5.10 Å². The molecule has 0 atom stereocenters. The summed E-state index contributed by atoms with van der Waals surface area (Å²) >= 11 is 1.32. The first-order chi connectivity index (χ1) is 9.24. The lowest BCUT2D eigenvalue weighted by atomic mass is 10.1. The molecule has 1 aromatic heterocycles. The molecule has 0 fully saturated rings. The molecule has 0 radical (unpaired) electrons. The minimum absolute atomic E-state index is 0.305. The highest BCUT2D eigenvalue weighted by Crippen LogP contribution is 2.22. The molecule has 0 saturated carbocycles. The van der Waals surface area contributed by atoms with Crippen LogP contribution >= 0.6 is 11.8 Å². The van der Waals surface area contributed by atoms with Crippen LogP contribution in [0.2, 0.25) is 0 Å². The van der Waals surface area contributed by atoms with Gasteiger partial charge in [-0.2, -0.15) is 5.26 Å². The molecule has 0 amide bonds. The van der Waals surface area contributed by atoms with Crippen LogP contribution in [-0.2, 0) is 12.3 Å². The lowest BCUT2D eigenvalue weighted by molar-refractivity contribution is 0.556. The Kier molecular flexibility index (Phi) is 4.43. The molecule has 6 nitrogen and oxygen atoms in total. The van der Waals surface area contributed by atoms with E-state index in [2.05, 4.69) is 15.5 Å². The molecule has 2 aromatic rings. The second kappa shape index (κ2) is 6.26. The lowest BCUT2D eigenvalue weighted by Gasteiger charge is -2.04. The van der Waals surface area contributed by atoms with Crippen LogP contribution in [0.4, 0.5) is 4.39 Å². The van der Waals surface area contributed by atoms with Crippen molar-refractivity contribution in [3.05, 3.63) is 35.1 Å². The molecule has 8 heteroatoms. The van der Waals surface area contributed by atoms with E-state index in [1.54, 1.807) is 16.8 Å². The Bertz CT molecular complexity index is 605. The van der Waals surface area contributed by atoms with Crippen LogP contribution in [0.3, 0.4) is 0 Å². The molecule has 2 N–H and O–H groups in total. The summed E-state index contributed by atoms with van der Waals surface area (Å²) in [6.07, 6.45) is 0. The highest BCUT2D eigenvalue weighted by Gasteiger charge is 2.09. The van der Waals surface area contributed by atoms with E-state index < -0.39 is 5.82 Å². The van der Waals surface area contributed by atoms with Crippen LogP contribution in [0, 0.1) is 17.1 Å². The Balaban J connectivity index is 2.06. The number of nitrogens with zero attached hydrogens (tertiary/aromatic N) is 5. The Labute approximate surface area is 113 Å². The van der Waals surface area contributed by atoms with Crippen molar-refractivity contribution in [3.63, 3.8) is 0 Å². The van der Waals surface area contributed by atoms with Crippen LogP contribution in [0.15, 0.2) is 23.4 Å². The lowest BCUT2D eigenvalue weighted by Crippen LogP contribution is -2.12. The van der Waals surface area contributed by atoms with Gasteiger partial charge in [-0.1, -0.05) is 17.8 Å². The van der Waals surface area contributed by atoms with E-state index in [0.717, 1.165) is 0 Å². The SMILES string of the molecule is N#Cc1ccc(CSc2nnnn2CCN)c(F)c1. The summed E-state index contributed by atoms with van der Waals surface area (Å²) in [5, 5.41) is 20.4. The molecule has 1 heterocycles. The summed E-state index contributed by atoms with van der Waals surface area (Å²) in [6.45, 7) is 0.953. The van der Waals surface area contributed by atoms with Gasteiger partial charge in [-0.05, 0) is 28.1 Å². The van der Waals surface area contributed by atoms with E-state index in [1.165, 1.54) is 17.8 Å². The van der Waals surface area contributed by atoms with Crippen LogP contribution in [-0.4, -0.2) is 26.8 Å². The third-order valence-corrected chi connectivity index (χ3v) is 3.38. The van der Waals surface area contributed by atoms with Crippen molar-refractivity contribution in [1.82, 2.24) is 20.2 Å². The molecule has 1 aromatic carbocycles. The first kappa shape index (κ1) is 13.5. The Morgan fingerprint density at radius 1 is 1.47 bits per heavy atom. The van der Waals surface area contributed by atoms with E-state index in [-0.39, 0.29) is 0 Å². The number of tetrazole rings is 1. The zero-order chi connectivity index (χ0) is 13.7. The summed E-state index contributed by atoms with van der Waals surface area (Å²) < 4.78 is 15.2. The van der Waals surface area contributed by atoms with Crippen molar-refractivity contribution in [1.29, 1.82) is 5.26 Å². The molecule has 19 heavy (non-hydrogen) atoms. The van der Waals surface area contributed by atoms with Crippen LogP contribution < -0.4 is 5.73 Å². The number of halogens is 1. The molecule has 0 unspecified atom stereocenters. The quantitative estimate of drug-likeness (QED) is 0.818. The van der Waals surface area contributed by atoms with Crippen molar-refractivity contribution >= 4 is 11.8 Å². The standard InChI is InChI=1S/C11H11FN6S/c12-10-5-8(6-14)1-2-9(10)7-19-11-15-16-17-18(11)4-3-13/h1-2,5H,3-4,7,13H2. The number of aromatic nitrogens is 4. The fourth-order valence-electron chi connectivity index (χ4n) is 1.44. The monoisotopic (exact) mass is 278 g/mol. The molecule has 0 saturated heterocycles. The maximum Gasteiger partial charge on any atom is 0.209 e. The smallest absolute Gasteiger partial charge is 0.209 e. The Morgan fingerprint density at radius 3 is 3.00 bits per heavy atom. The number of thioether (sulfide) groups is 1. The highest BCUT2D eigenvalue weighted by molar-refractivity contribution is 7.98. The van der Waals surface area contributed by atoms with E-state index in [9.17, 15) is 4.39 Å². The molecule has 0 bridgehead atoms. The number of rotatable bonds is 5.